The summed E-state index contributed by atoms with van der Waals surface area (Å²) >= 11 is 0. The van der Waals surface area contributed by atoms with Crippen molar-refractivity contribution >= 4 is 19.8 Å². The Labute approximate surface area is 356 Å². The van der Waals surface area contributed by atoms with Gasteiger partial charge < -0.3 is 27.9 Å². The van der Waals surface area contributed by atoms with Crippen LogP contribution in [0.2, 0.25) is 0 Å². The maximum Gasteiger partial charge on any atom is 0.306 e. The summed E-state index contributed by atoms with van der Waals surface area (Å²) in [6.45, 7) is 5.68. The summed E-state index contributed by atoms with van der Waals surface area (Å²) in [6, 6.07) is 0. The number of rotatable bonds is 42. The molecule has 2 atom stereocenters. The topological polar surface area (TPSA) is 111 Å². The van der Waals surface area contributed by atoms with E-state index in [0.29, 0.717) is 23.9 Å². The monoisotopic (exact) mass is 836 g/mol. The zero-order valence-electron chi connectivity index (χ0n) is 37.6. The molecule has 0 spiro atoms. The van der Waals surface area contributed by atoms with E-state index in [1.165, 1.54) is 83.5 Å². The fourth-order valence-corrected chi connectivity index (χ4v) is 6.76. The summed E-state index contributed by atoms with van der Waals surface area (Å²) < 4.78 is 33.9. The van der Waals surface area contributed by atoms with E-state index in [-0.39, 0.29) is 26.1 Å². The largest absolute Gasteiger partial charge is 0.756 e. The third-order valence-corrected chi connectivity index (χ3v) is 10.6. The molecule has 0 radical (unpaired) electrons. The Kier molecular flexibility index (Phi) is 38.5. The Morgan fingerprint density at radius 3 is 1.52 bits per heavy atom. The van der Waals surface area contributed by atoms with Crippen LogP contribution in [0, 0.1) is 0 Å². The quantitative estimate of drug-likeness (QED) is 0.0196. The molecule has 336 valence electrons. The van der Waals surface area contributed by atoms with E-state index >= 15 is 0 Å². The van der Waals surface area contributed by atoms with Gasteiger partial charge in [-0.2, -0.15) is 0 Å². The number of esters is 2. The lowest BCUT2D eigenvalue weighted by molar-refractivity contribution is -0.870. The smallest absolute Gasteiger partial charge is 0.306 e. The van der Waals surface area contributed by atoms with Crippen LogP contribution in [0.4, 0.5) is 0 Å². The summed E-state index contributed by atoms with van der Waals surface area (Å²) in [5, 5.41) is 0. The molecule has 0 aromatic carbocycles. The van der Waals surface area contributed by atoms with Crippen LogP contribution in [0.15, 0.2) is 61.3 Å². The molecule has 0 aliphatic heterocycles. The van der Waals surface area contributed by atoms with Gasteiger partial charge in [-0.3, -0.25) is 14.2 Å². The van der Waals surface area contributed by atoms with E-state index in [0.717, 1.165) is 64.2 Å². The fourth-order valence-electron chi connectivity index (χ4n) is 6.03. The zero-order chi connectivity index (χ0) is 42.8. The lowest BCUT2D eigenvalue weighted by Gasteiger charge is -2.28. The third kappa shape index (κ3) is 43.3. The van der Waals surface area contributed by atoms with E-state index in [1.54, 1.807) is 0 Å². The first kappa shape index (κ1) is 55.7. The Morgan fingerprint density at radius 1 is 0.586 bits per heavy atom. The predicted octanol–water partition coefficient (Wildman–Crippen LogP) is 12.6. The van der Waals surface area contributed by atoms with Gasteiger partial charge in [0.05, 0.1) is 27.7 Å². The molecule has 0 aromatic rings. The molecule has 0 amide bonds. The van der Waals surface area contributed by atoms with Crippen LogP contribution in [0.3, 0.4) is 0 Å². The number of ether oxygens (including phenoxy) is 2. The van der Waals surface area contributed by atoms with Gasteiger partial charge in [0.1, 0.15) is 19.8 Å². The molecule has 1 unspecified atom stereocenters. The molecule has 0 saturated carbocycles. The molecule has 10 heteroatoms. The van der Waals surface area contributed by atoms with Crippen LogP contribution in [0.25, 0.3) is 0 Å². The second kappa shape index (κ2) is 40.1. The second-order valence-electron chi connectivity index (χ2n) is 16.5. The first-order valence-corrected chi connectivity index (χ1v) is 24.4. The summed E-state index contributed by atoms with van der Waals surface area (Å²) in [4.78, 5) is 37.6. The number of nitrogens with zero attached hydrogens (tertiary/aromatic N) is 1. The second-order valence-corrected chi connectivity index (χ2v) is 17.9. The minimum atomic E-state index is -4.64. The minimum Gasteiger partial charge on any atom is -0.756 e. The van der Waals surface area contributed by atoms with Crippen molar-refractivity contribution in [1.29, 1.82) is 0 Å². The number of allylic oxidation sites excluding steroid dienone is 9. The van der Waals surface area contributed by atoms with E-state index in [2.05, 4.69) is 62.1 Å². The Bertz CT molecular complexity index is 1160. The van der Waals surface area contributed by atoms with Crippen LogP contribution in [0.1, 0.15) is 180 Å². The molecular weight excluding hydrogens is 750 g/mol. The molecule has 0 aromatic heterocycles. The van der Waals surface area contributed by atoms with Crippen LogP contribution in [-0.4, -0.2) is 70.0 Å². The highest BCUT2D eigenvalue weighted by atomic mass is 31.2. The van der Waals surface area contributed by atoms with E-state index in [9.17, 15) is 19.0 Å². The minimum absolute atomic E-state index is 0.0389. The zero-order valence-corrected chi connectivity index (χ0v) is 38.5. The van der Waals surface area contributed by atoms with Gasteiger partial charge in [-0.15, -0.1) is 6.58 Å². The van der Waals surface area contributed by atoms with Crippen molar-refractivity contribution in [1.82, 2.24) is 0 Å². The first-order chi connectivity index (χ1) is 28.0. The number of phosphoric acid groups is 1. The van der Waals surface area contributed by atoms with Gasteiger partial charge in [-0.25, -0.2) is 0 Å². The fraction of sp³-hybridized carbons (Fsp3) is 0.750. The lowest BCUT2D eigenvalue weighted by atomic mass is 10.0. The summed E-state index contributed by atoms with van der Waals surface area (Å²) in [5.74, 6) is -0.875. The highest BCUT2D eigenvalue weighted by Crippen LogP contribution is 2.38. The van der Waals surface area contributed by atoms with Gasteiger partial charge in [-0.05, 0) is 70.6 Å². The highest BCUT2D eigenvalue weighted by molar-refractivity contribution is 7.45. The number of phosphoric ester groups is 1. The summed E-state index contributed by atoms with van der Waals surface area (Å²) in [7, 11) is 1.14. The van der Waals surface area contributed by atoms with Crippen LogP contribution >= 0.6 is 7.82 Å². The first-order valence-electron chi connectivity index (χ1n) is 23.0. The van der Waals surface area contributed by atoms with Crippen LogP contribution in [0.5, 0.6) is 0 Å². The Hall–Kier alpha value is -2.29. The van der Waals surface area contributed by atoms with E-state index < -0.39 is 32.5 Å². The molecular formula is C48H86NO8P. The number of hydrogen-bond acceptors (Lipinski definition) is 8. The van der Waals surface area contributed by atoms with Crippen LogP contribution in [-0.2, 0) is 32.7 Å². The third-order valence-electron chi connectivity index (χ3n) is 9.66. The van der Waals surface area contributed by atoms with Gasteiger partial charge in [-0.1, -0.05) is 151 Å². The van der Waals surface area contributed by atoms with Crippen molar-refractivity contribution in [2.24, 2.45) is 0 Å². The predicted molar refractivity (Wildman–Crippen MR) is 240 cm³/mol. The van der Waals surface area contributed by atoms with Crippen molar-refractivity contribution in [2.45, 2.75) is 186 Å². The maximum atomic E-state index is 12.7. The molecule has 9 nitrogen and oxygen atoms in total. The van der Waals surface area contributed by atoms with Gasteiger partial charge in [0.25, 0.3) is 7.82 Å². The summed E-state index contributed by atoms with van der Waals surface area (Å²) in [6.07, 6.45) is 47.1. The van der Waals surface area contributed by atoms with Crippen molar-refractivity contribution in [3.8, 4) is 0 Å². The van der Waals surface area contributed by atoms with Gasteiger partial charge in [0.15, 0.2) is 6.10 Å². The van der Waals surface area contributed by atoms with E-state index in [1.807, 2.05) is 27.2 Å². The standard InChI is InChI=1S/C48H86NO8P/c1-6-8-10-12-14-16-18-20-22-23-24-25-27-28-30-32-34-36-38-40-47(50)54-44-46(45-56-58(52,53)55-43-42-49(3,4)5)57-48(51)41-39-37-35-33-31-29-26-21-19-17-15-13-11-9-7-2/h7,14,16,20,22,24-25,28,30,46H,2,6,8-13,15,17-19,21,23,26-27,29,31-45H2,1,3-5H3/b16-14+,22-20+,25-24+,30-28+/t46-/m1/s1. The number of unbranched alkanes of at least 4 members (excludes halogenated alkanes) is 19. The van der Waals surface area contributed by atoms with Crippen molar-refractivity contribution < 1.29 is 42.1 Å². The molecule has 0 rings (SSSR count). The Morgan fingerprint density at radius 2 is 1.02 bits per heavy atom. The highest BCUT2D eigenvalue weighted by Gasteiger charge is 2.21. The van der Waals surface area contributed by atoms with Crippen LogP contribution < -0.4 is 4.89 Å². The number of likely N-dealkylation sites (N-methyl/N-ethyl adjacent to an activating group) is 1. The van der Waals surface area contributed by atoms with Crippen molar-refractivity contribution in [3.05, 3.63) is 61.3 Å². The number of carbonyl (C=O) groups is 2. The average Bonchev–Trinajstić information content (AvgIpc) is 3.17. The molecule has 0 aliphatic carbocycles. The van der Waals surface area contributed by atoms with Crippen molar-refractivity contribution in [3.63, 3.8) is 0 Å². The SMILES string of the molecule is C=CCCCCCCCCCCCCCCCC(=O)O[C@H](COC(=O)CCCCC/C=C/C/C=C/C/C=C/C/C=C/CCCCC)COP(=O)([O-])OCC[N+](C)(C)C. The van der Waals surface area contributed by atoms with E-state index in [4.69, 9.17) is 18.5 Å². The summed E-state index contributed by atoms with van der Waals surface area (Å²) in [5.41, 5.74) is 0. The molecule has 0 N–H and O–H groups in total. The molecule has 0 saturated heterocycles. The molecule has 58 heavy (non-hydrogen) atoms. The van der Waals surface area contributed by atoms with Gasteiger partial charge in [0.2, 0.25) is 0 Å². The maximum absolute atomic E-state index is 12.7. The molecule has 0 aliphatic rings. The Balaban J connectivity index is 4.38. The molecule has 0 heterocycles. The van der Waals surface area contributed by atoms with Gasteiger partial charge >= 0.3 is 11.9 Å². The molecule has 0 bridgehead atoms. The lowest BCUT2D eigenvalue weighted by Crippen LogP contribution is -2.37. The number of hydrogen-bond donors (Lipinski definition) is 0. The average molecular weight is 836 g/mol. The number of carbonyl (C=O) groups excluding carboxylic acids is 2. The normalized spacial score (nSPS) is 13.9. The molecule has 0 fully saturated rings. The van der Waals surface area contributed by atoms with Crippen molar-refractivity contribution in [2.75, 3.05) is 47.5 Å². The van der Waals surface area contributed by atoms with Gasteiger partial charge in [0, 0.05) is 12.8 Å². The number of quaternary nitrogens is 1.